The minimum Gasteiger partial charge on any atom is -0.411 e. The van der Waals surface area contributed by atoms with Crippen LogP contribution in [0.5, 0.6) is 0 Å². The fourth-order valence-electron chi connectivity index (χ4n) is 3.42. The number of carbonyl (C=O) groups excluding carboxylic acids is 1. The summed E-state index contributed by atoms with van der Waals surface area (Å²) in [7, 11) is 0. The Morgan fingerprint density at radius 2 is 2.03 bits per heavy atom. The highest BCUT2D eigenvalue weighted by Gasteiger charge is 2.26. The van der Waals surface area contributed by atoms with Gasteiger partial charge in [0.25, 0.3) is 5.91 Å². The van der Waals surface area contributed by atoms with Gasteiger partial charge in [-0.2, -0.15) is 0 Å². The normalized spacial score (nSPS) is 17.2. The number of allylic oxidation sites excluding steroid dienone is 1. The molecule has 0 radical (unpaired) electrons. The molecule has 4 N–H and O–H groups in total. The van der Waals surface area contributed by atoms with Gasteiger partial charge >= 0.3 is 0 Å². The molecule has 0 atom stereocenters. The molecule has 1 aromatic heterocycles. The summed E-state index contributed by atoms with van der Waals surface area (Å²) in [6.07, 6.45) is 6.39. The highest BCUT2D eigenvalue weighted by molar-refractivity contribution is 6.04. The lowest BCUT2D eigenvalue weighted by Crippen LogP contribution is -2.25. The fourth-order valence-corrected chi connectivity index (χ4v) is 3.42. The maximum absolute atomic E-state index is 12.2. The van der Waals surface area contributed by atoms with Crippen molar-refractivity contribution in [2.45, 2.75) is 19.8 Å². The number of pyridine rings is 1. The Balaban J connectivity index is 1.85. The van der Waals surface area contributed by atoms with E-state index in [9.17, 15) is 4.79 Å². The highest BCUT2D eigenvalue weighted by atomic mass is 16.5. The molecule has 7 nitrogen and oxygen atoms in total. The van der Waals surface area contributed by atoms with Crippen molar-refractivity contribution in [3.63, 3.8) is 0 Å². The van der Waals surface area contributed by atoms with Gasteiger partial charge in [-0.3, -0.25) is 10.0 Å². The molecule has 0 saturated heterocycles. The molecule has 1 amide bonds. The molecule has 0 unspecified atom stereocenters. The van der Waals surface area contributed by atoms with Crippen LogP contribution in [-0.2, 0) is 0 Å². The van der Waals surface area contributed by atoms with Gasteiger partial charge in [0.05, 0.1) is 23.2 Å². The van der Waals surface area contributed by atoms with Gasteiger partial charge in [-0.05, 0) is 61.8 Å². The fraction of sp³-hybridized carbons (Fsp3) is 0.240. The van der Waals surface area contributed by atoms with Crippen molar-refractivity contribution in [1.82, 2.24) is 10.5 Å². The molecule has 1 saturated carbocycles. The van der Waals surface area contributed by atoms with Crippen molar-refractivity contribution in [2.75, 3.05) is 6.61 Å². The van der Waals surface area contributed by atoms with Crippen molar-refractivity contribution < 1.29 is 20.3 Å². The molecule has 1 aliphatic carbocycles. The molecule has 162 valence electrons. The molecule has 3 rings (SSSR count). The third-order valence-corrected chi connectivity index (χ3v) is 5.17. The summed E-state index contributed by atoms with van der Waals surface area (Å²) in [5.74, 6) is 11.8. The van der Waals surface area contributed by atoms with Crippen LogP contribution < -0.4 is 5.48 Å². The van der Waals surface area contributed by atoms with E-state index in [-0.39, 0.29) is 17.7 Å². The Morgan fingerprint density at radius 1 is 1.28 bits per heavy atom. The molecule has 1 aliphatic rings. The van der Waals surface area contributed by atoms with Crippen LogP contribution in [0.1, 0.15) is 46.9 Å². The maximum atomic E-state index is 12.2. The van der Waals surface area contributed by atoms with E-state index in [0.29, 0.717) is 23.2 Å². The molecule has 0 aliphatic heterocycles. The van der Waals surface area contributed by atoms with Crippen molar-refractivity contribution in [1.29, 1.82) is 0 Å². The first kappa shape index (κ1) is 22.8. The van der Waals surface area contributed by atoms with Crippen LogP contribution >= 0.6 is 0 Å². The summed E-state index contributed by atoms with van der Waals surface area (Å²) >= 11 is 0. The number of hydrogen-bond donors (Lipinski definition) is 4. The summed E-state index contributed by atoms with van der Waals surface area (Å²) in [6, 6.07) is 8.84. The van der Waals surface area contributed by atoms with Crippen molar-refractivity contribution >= 4 is 18.2 Å². The summed E-state index contributed by atoms with van der Waals surface area (Å²) < 4.78 is 0. The standard InChI is InChI=1S/C25H23N3O4/c1-2-5-23-22(15-26-31)21(25(30)28-32)14-24(27-23)20-10-8-17(9-11-20)6-3-4-7-18-12-19(13-18)16-29/h2,5,8-11,14-15,18-19,29,31-32H,12-13,16H2,1H3,(H,28,30)/b5-2-,26-15+. The molecule has 0 spiro atoms. The number of aliphatic hydroxyl groups is 1. The second kappa shape index (κ2) is 10.9. The number of carbonyl (C=O) groups is 1. The zero-order valence-electron chi connectivity index (χ0n) is 17.5. The number of nitrogens with one attached hydrogen (secondary N) is 1. The van der Waals surface area contributed by atoms with Crippen LogP contribution in [0.15, 0.2) is 41.6 Å². The zero-order chi connectivity index (χ0) is 22.9. The van der Waals surface area contributed by atoms with Crippen LogP contribution in [-0.4, -0.2) is 39.2 Å². The SMILES string of the molecule is C/C=C\c1nc(-c2ccc(C#CC#CC3CC(CO)C3)cc2)cc(C(=O)NO)c1/C=N/O. The largest absolute Gasteiger partial charge is 0.411 e. The van der Waals surface area contributed by atoms with E-state index in [2.05, 4.69) is 33.8 Å². The number of aliphatic hydroxyl groups excluding tert-OH is 1. The van der Waals surface area contributed by atoms with Gasteiger partial charge in [0, 0.05) is 29.2 Å². The van der Waals surface area contributed by atoms with Gasteiger partial charge in [0.2, 0.25) is 0 Å². The molecule has 7 heteroatoms. The van der Waals surface area contributed by atoms with E-state index in [1.807, 2.05) is 24.3 Å². The highest BCUT2D eigenvalue weighted by Crippen LogP contribution is 2.32. The molecule has 1 fully saturated rings. The minimum atomic E-state index is -0.743. The monoisotopic (exact) mass is 429 g/mol. The Labute approximate surface area is 186 Å². The van der Waals surface area contributed by atoms with E-state index in [1.165, 1.54) is 6.07 Å². The first-order valence-corrected chi connectivity index (χ1v) is 10.1. The van der Waals surface area contributed by atoms with Gasteiger partial charge in [0.1, 0.15) is 0 Å². The second-order valence-corrected chi connectivity index (χ2v) is 7.35. The van der Waals surface area contributed by atoms with Crippen molar-refractivity contribution in [3.8, 4) is 34.9 Å². The van der Waals surface area contributed by atoms with Gasteiger partial charge in [-0.1, -0.05) is 35.2 Å². The third-order valence-electron chi connectivity index (χ3n) is 5.17. The lowest BCUT2D eigenvalue weighted by atomic mass is 9.76. The topological polar surface area (TPSA) is 115 Å². The Kier molecular flexibility index (Phi) is 7.77. The Bertz CT molecular complexity index is 1160. The van der Waals surface area contributed by atoms with Gasteiger partial charge in [-0.15, -0.1) is 0 Å². The molecule has 0 bridgehead atoms. The maximum Gasteiger partial charge on any atom is 0.275 e. The molecule has 1 aromatic carbocycles. The smallest absolute Gasteiger partial charge is 0.275 e. The average Bonchev–Trinajstić information content (AvgIpc) is 2.79. The predicted octanol–water partition coefficient (Wildman–Crippen LogP) is 3.08. The predicted molar refractivity (Wildman–Crippen MR) is 121 cm³/mol. The van der Waals surface area contributed by atoms with E-state index in [1.54, 1.807) is 24.6 Å². The van der Waals surface area contributed by atoms with E-state index < -0.39 is 5.91 Å². The first-order chi connectivity index (χ1) is 15.6. The average molecular weight is 429 g/mol. The van der Waals surface area contributed by atoms with Gasteiger partial charge in [0.15, 0.2) is 0 Å². The molecule has 32 heavy (non-hydrogen) atoms. The van der Waals surface area contributed by atoms with Crippen LogP contribution in [0.4, 0.5) is 0 Å². The number of hydroxylamine groups is 1. The van der Waals surface area contributed by atoms with E-state index in [4.69, 9.17) is 15.5 Å². The number of rotatable bonds is 5. The van der Waals surface area contributed by atoms with Crippen LogP contribution in [0.25, 0.3) is 17.3 Å². The van der Waals surface area contributed by atoms with E-state index >= 15 is 0 Å². The van der Waals surface area contributed by atoms with Crippen LogP contribution in [0.2, 0.25) is 0 Å². The summed E-state index contributed by atoms with van der Waals surface area (Å²) in [6.45, 7) is 2.03. The minimum absolute atomic E-state index is 0.113. The quantitative estimate of drug-likeness (QED) is 0.192. The van der Waals surface area contributed by atoms with E-state index in [0.717, 1.165) is 30.2 Å². The number of nitrogens with zero attached hydrogens (tertiary/aromatic N) is 2. The van der Waals surface area contributed by atoms with Crippen molar-refractivity contribution in [3.05, 3.63) is 58.8 Å². The second-order valence-electron chi connectivity index (χ2n) is 7.35. The lowest BCUT2D eigenvalue weighted by Gasteiger charge is -2.29. The number of hydrogen-bond acceptors (Lipinski definition) is 6. The Hall–Kier alpha value is -3.91. The lowest BCUT2D eigenvalue weighted by molar-refractivity contribution is 0.0706. The molecule has 2 aromatic rings. The Morgan fingerprint density at radius 3 is 2.66 bits per heavy atom. The number of benzene rings is 1. The number of amides is 1. The number of aromatic nitrogens is 1. The summed E-state index contributed by atoms with van der Waals surface area (Å²) in [5, 5.41) is 30.1. The van der Waals surface area contributed by atoms with Gasteiger partial charge < -0.3 is 10.3 Å². The molecular weight excluding hydrogens is 406 g/mol. The summed E-state index contributed by atoms with van der Waals surface area (Å²) in [5.41, 5.74) is 4.46. The number of oxime groups is 1. The first-order valence-electron chi connectivity index (χ1n) is 10.1. The van der Waals surface area contributed by atoms with Crippen LogP contribution in [0, 0.1) is 35.5 Å². The summed E-state index contributed by atoms with van der Waals surface area (Å²) in [4.78, 5) is 16.7. The van der Waals surface area contributed by atoms with Gasteiger partial charge in [-0.25, -0.2) is 10.5 Å². The van der Waals surface area contributed by atoms with Crippen molar-refractivity contribution in [2.24, 2.45) is 17.0 Å². The third kappa shape index (κ3) is 5.41. The molecular formula is C25H23N3O4. The molecule has 1 heterocycles. The zero-order valence-corrected chi connectivity index (χ0v) is 17.5. The van der Waals surface area contributed by atoms with Crippen LogP contribution in [0.3, 0.4) is 0 Å².